The molecule has 1 atom stereocenters. The molecule has 0 amide bonds. The number of nitrogens with one attached hydrogen (secondary N) is 1. The van der Waals surface area contributed by atoms with E-state index in [1.807, 2.05) is 0 Å². The summed E-state index contributed by atoms with van der Waals surface area (Å²) < 4.78 is 4.96. The maximum Gasteiger partial charge on any atom is 0.321 e. The largest absolute Gasteiger partial charge is 0.446 e. The van der Waals surface area contributed by atoms with Gasteiger partial charge in [-0.3, -0.25) is 10.1 Å². The SMILES string of the molecule is CCCCCC1NCC(=O)O1. The zero-order chi connectivity index (χ0) is 8.10. The number of hydrogen-bond acceptors (Lipinski definition) is 3. The van der Waals surface area contributed by atoms with E-state index in [0.29, 0.717) is 6.54 Å². The first-order valence-corrected chi connectivity index (χ1v) is 4.26. The number of carbonyl (C=O) groups is 1. The van der Waals surface area contributed by atoms with E-state index in [1.54, 1.807) is 0 Å². The fourth-order valence-corrected chi connectivity index (χ4v) is 1.18. The summed E-state index contributed by atoms with van der Waals surface area (Å²) >= 11 is 0. The zero-order valence-electron chi connectivity index (χ0n) is 6.93. The quantitative estimate of drug-likeness (QED) is 0.489. The van der Waals surface area contributed by atoms with Crippen molar-refractivity contribution in [2.24, 2.45) is 0 Å². The summed E-state index contributed by atoms with van der Waals surface area (Å²) in [5.41, 5.74) is 0. The van der Waals surface area contributed by atoms with Crippen LogP contribution in [0.15, 0.2) is 0 Å². The molecule has 0 spiro atoms. The average Bonchev–Trinajstić information content (AvgIpc) is 2.37. The Labute approximate surface area is 67.1 Å². The van der Waals surface area contributed by atoms with Crippen LogP contribution in [0.1, 0.15) is 32.6 Å². The first-order valence-electron chi connectivity index (χ1n) is 4.26. The van der Waals surface area contributed by atoms with Gasteiger partial charge in [-0.1, -0.05) is 19.8 Å². The van der Waals surface area contributed by atoms with E-state index in [4.69, 9.17) is 4.74 Å². The Hall–Kier alpha value is -0.570. The number of rotatable bonds is 4. The van der Waals surface area contributed by atoms with E-state index in [2.05, 4.69) is 12.2 Å². The molecule has 1 saturated heterocycles. The van der Waals surface area contributed by atoms with E-state index in [9.17, 15) is 4.79 Å². The van der Waals surface area contributed by atoms with Crippen molar-refractivity contribution in [3.63, 3.8) is 0 Å². The highest BCUT2D eigenvalue weighted by Gasteiger charge is 2.20. The van der Waals surface area contributed by atoms with Gasteiger partial charge in [-0.05, 0) is 12.8 Å². The number of carbonyl (C=O) groups excluding carboxylic acids is 1. The first-order chi connectivity index (χ1) is 5.33. The lowest BCUT2D eigenvalue weighted by Gasteiger charge is -2.07. The van der Waals surface area contributed by atoms with Crippen LogP contribution in [0.2, 0.25) is 0 Å². The minimum Gasteiger partial charge on any atom is -0.446 e. The summed E-state index contributed by atoms with van der Waals surface area (Å²) in [6.45, 7) is 2.55. The van der Waals surface area contributed by atoms with E-state index < -0.39 is 0 Å². The van der Waals surface area contributed by atoms with Crippen LogP contribution in [0, 0.1) is 0 Å². The summed E-state index contributed by atoms with van der Waals surface area (Å²) in [5, 5.41) is 2.99. The van der Waals surface area contributed by atoms with Crippen molar-refractivity contribution in [2.75, 3.05) is 6.54 Å². The molecule has 1 heterocycles. The topological polar surface area (TPSA) is 38.3 Å². The predicted octanol–water partition coefficient (Wildman–Crippen LogP) is 1.04. The number of ether oxygens (including phenoxy) is 1. The van der Waals surface area contributed by atoms with Gasteiger partial charge in [0, 0.05) is 0 Å². The number of unbranched alkanes of at least 4 members (excludes halogenated alkanes) is 2. The maximum absolute atomic E-state index is 10.6. The molecule has 0 aromatic rings. The standard InChI is InChI=1S/C8H15NO2/c1-2-3-4-5-7-9-6-8(10)11-7/h7,9H,2-6H2,1H3. The molecular weight excluding hydrogens is 142 g/mol. The Bertz CT molecular complexity index is 136. The highest BCUT2D eigenvalue weighted by molar-refractivity contribution is 5.73. The lowest BCUT2D eigenvalue weighted by atomic mass is 10.2. The summed E-state index contributed by atoms with van der Waals surface area (Å²) in [5.74, 6) is -0.119. The molecule has 0 aromatic carbocycles. The van der Waals surface area contributed by atoms with Crippen LogP contribution in [-0.2, 0) is 9.53 Å². The molecule has 64 valence electrons. The molecule has 3 nitrogen and oxygen atoms in total. The van der Waals surface area contributed by atoms with Crippen molar-refractivity contribution in [3.05, 3.63) is 0 Å². The molecule has 0 saturated carbocycles. The molecule has 1 aliphatic heterocycles. The van der Waals surface area contributed by atoms with E-state index in [-0.39, 0.29) is 12.2 Å². The van der Waals surface area contributed by atoms with Gasteiger partial charge in [0.05, 0.1) is 6.54 Å². The summed E-state index contributed by atoms with van der Waals surface area (Å²) in [4.78, 5) is 10.6. The molecule has 3 heteroatoms. The Morgan fingerprint density at radius 2 is 2.45 bits per heavy atom. The van der Waals surface area contributed by atoms with E-state index in [1.165, 1.54) is 12.8 Å². The molecule has 1 unspecified atom stereocenters. The number of cyclic esters (lactones) is 1. The Kier molecular flexibility index (Phi) is 3.36. The summed E-state index contributed by atoms with van der Waals surface area (Å²) in [7, 11) is 0. The van der Waals surface area contributed by atoms with Gasteiger partial charge in [0.15, 0.2) is 6.23 Å². The average molecular weight is 157 g/mol. The third-order valence-corrected chi connectivity index (χ3v) is 1.82. The summed E-state index contributed by atoms with van der Waals surface area (Å²) in [6.07, 6.45) is 4.52. The zero-order valence-corrected chi connectivity index (χ0v) is 6.93. The minimum absolute atomic E-state index is 0.00551. The lowest BCUT2D eigenvalue weighted by molar-refractivity contribution is -0.140. The predicted molar refractivity (Wildman–Crippen MR) is 42.0 cm³/mol. The molecule has 0 bridgehead atoms. The molecule has 0 aliphatic carbocycles. The molecule has 0 aromatic heterocycles. The van der Waals surface area contributed by atoms with Crippen LogP contribution in [0.25, 0.3) is 0 Å². The van der Waals surface area contributed by atoms with Crippen molar-refractivity contribution in [1.82, 2.24) is 5.32 Å². The van der Waals surface area contributed by atoms with Gasteiger partial charge in [-0.15, -0.1) is 0 Å². The Morgan fingerprint density at radius 3 is 3.00 bits per heavy atom. The van der Waals surface area contributed by atoms with Gasteiger partial charge in [0.2, 0.25) is 0 Å². The third kappa shape index (κ3) is 2.89. The van der Waals surface area contributed by atoms with Gasteiger partial charge in [0.25, 0.3) is 0 Å². The summed E-state index contributed by atoms with van der Waals surface area (Å²) in [6, 6.07) is 0. The third-order valence-electron chi connectivity index (χ3n) is 1.82. The Morgan fingerprint density at radius 1 is 1.64 bits per heavy atom. The second kappa shape index (κ2) is 4.34. The van der Waals surface area contributed by atoms with Gasteiger partial charge in [0.1, 0.15) is 0 Å². The second-order valence-corrected chi connectivity index (χ2v) is 2.86. The van der Waals surface area contributed by atoms with Gasteiger partial charge in [-0.2, -0.15) is 0 Å². The normalized spacial score (nSPS) is 23.7. The fraction of sp³-hybridized carbons (Fsp3) is 0.875. The molecule has 1 N–H and O–H groups in total. The van der Waals surface area contributed by atoms with Gasteiger partial charge in [-0.25, -0.2) is 0 Å². The van der Waals surface area contributed by atoms with Crippen molar-refractivity contribution in [3.8, 4) is 0 Å². The monoisotopic (exact) mass is 157 g/mol. The molecule has 11 heavy (non-hydrogen) atoms. The van der Waals surface area contributed by atoms with Crippen molar-refractivity contribution in [1.29, 1.82) is 0 Å². The van der Waals surface area contributed by atoms with Gasteiger partial charge >= 0.3 is 5.97 Å². The second-order valence-electron chi connectivity index (χ2n) is 2.86. The van der Waals surface area contributed by atoms with Crippen molar-refractivity contribution < 1.29 is 9.53 Å². The molecule has 0 radical (unpaired) electrons. The molecule has 1 aliphatic rings. The van der Waals surface area contributed by atoms with Crippen molar-refractivity contribution >= 4 is 5.97 Å². The van der Waals surface area contributed by atoms with Crippen molar-refractivity contribution in [2.45, 2.75) is 38.8 Å². The molecule has 1 fully saturated rings. The van der Waals surface area contributed by atoms with Crippen LogP contribution < -0.4 is 5.32 Å². The minimum atomic E-state index is -0.119. The maximum atomic E-state index is 10.6. The lowest BCUT2D eigenvalue weighted by Crippen LogP contribution is -2.21. The highest BCUT2D eigenvalue weighted by atomic mass is 16.6. The van der Waals surface area contributed by atoms with Crippen LogP contribution in [0.4, 0.5) is 0 Å². The van der Waals surface area contributed by atoms with Crippen LogP contribution in [-0.4, -0.2) is 18.7 Å². The van der Waals surface area contributed by atoms with E-state index >= 15 is 0 Å². The molecular formula is C8H15NO2. The fourth-order valence-electron chi connectivity index (χ4n) is 1.18. The van der Waals surface area contributed by atoms with Crippen LogP contribution in [0.5, 0.6) is 0 Å². The van der Waals surface area contributed by atoms with Crippen LogP contribution in [0.3, 0.4) is 0 Å². The highest BCUT2D eigenvalue weighted by Crippen LogP contribution is 2.07. The number of esters is 1. The number of hydrogen-bond donors (Lipinski definition) is 1. The first kappa shape index (κ1) is 8.53. The van der Waals surface area contributed by atoms with E-state index in [0.717, 1.165) is 12.8 Å². The van der Waals surface area contributed by atoms with Gasteiger partial charge < -0.3 is 4.74 Å². The smallest absolute Gasteiger partial charge is 0.321 e. The van der Waals surface area contributed by atoms with Crippen LogP contribution >= 0.6 is 0 Å². The molecule has 1 rings (SSSR count). The Balaban J connectivity index is 2.04.